The molecule has 0 radical (unpaired) electrons. The Morgan fingerprint density at radius 3 is 2.65 bits per heavy atom. The molecule has 1 heterocycles. The summed E-state index contributed by atoms with van der Waals surface area (Å²) in [5.74, 6) is 1.04. The summed E-state index contributed by atoms with van der Waals surface area (Å²) in [7, 11) is 0. The first kappa shape index (κ1) is 15.3. The summed E-state index contributed by atoms with van der Waals surface area (Å²) in [5.41, 5.74) is 1.03. The quantitative estimate of drug-likeness (QED) is 0.838. The predicted octanol–water partition coefficient (Wildman–Crippen LogP) is 3.16. The highest BCUT2D eigenvalue weighted by Gasteiger charge is 2.24. The van der Waals surface area contributed by atoms with Crippen LogP contribution in [0.5, 0.6) is 5.75 Å². The molecule has 2 N–H and O–H groups in total. The summed E-state index contributed by atoms with van der Waals surface area (Å²) >= 11 is 0. The molecule has 0 bridgehead atoms. The van der Waals surface area contributed by atoms with Crippen LogP contribution in [-0.4, -0.2) is 35.7 Å². The molecule has 0 amide bonds. The Morgan fingerprint density at radius 2 is 2.05 bits per heavy atom. The lowest BCUT2D eigenvalue weighted by Crippen LogP contribution is -2.40. The van der Waals surface area contributed by atoms with E-state index in [1.807, 2.05) is 18.2 Å². The lowest BCUT2D eigenvalue weighted by molar-refractivity contribution is 0.169. The molecule has 3 heteroatoms. The molecule has 2 atom stereocenters. The second kappa shape index (κ2) is 7.09. The minimum absolute atomic E-state index is 0.251. The van der Waals surface area contributed by atoms with Crippen LogP contribution in [-0.2, 0) is 0 Å². The van der Waals surface area contributed by atoms with Crippen molar-refractivity contribution in [3.63, 3.8) is 0 Å². The Bertz CT molecular complexity index is 413. The normalized spacial score (nSPS) is 20.8. The average molecular weight is 276 g/mol. The number of benzene rings is 1. The molecule has 0 spiro atoms. The van der Waals surface area contributed by atoms with Gasteiger partial charge in [-0.05, 0) is 38.3 Å². The van der Waals surface area contributed by atoms with Crippen LogP contribution in [0.25, 0.3) is 0 Å². The summed E-state index contributed by atoms with van der Waals surface area (Å²) in [6, 6.07) is 8.56. The molecule has 1 saturated heterocycles. The van der Waals surface area contributed by atoms with Crippen LogP contribution in [0, 0.1) is 5.92 Å². The summed E-state index contributed by atoms with van der Waals surface area (Å²) in [6.07, 6.45) is 2.55. The van der Waals surface area contributed by atoms with Gasteiger partial charge in [0.1, 0.15) is 5.75 Å². The van der Waals surface area contributed by atoms with Gasteiger partial charge in [-0.15, -0.1) is 0 Å². The van der Waals surface area contributed by atoms with Gasteiger partial charge in [-0.1, -0.05) is 32.0 Å². The van der Waals surface area contributed by atoms with Gasteiger partial charge in [-0.3, -0.25) is 4.90 Å². The molecule has 3 nitrogen and oxygen atoms in total. The van der Waals surface area contributed by atoms with Crippen molar-refractivity contribution in [3.05, 3.63) is 29.8 Å². The molecule has 20 heavy (non-hydrogen) atoms. The third-order valence-electron chi connectivity index (χ3n) is 4.15. The Morgan fingerprint density at radius 1 is 1.30 bits per heavy atom. The first-order valence-corrected chi connectivity index (χ1v) is 7.83. The molecule has 1 fully saturated rings. The third-order valence-corrected chi connectivity index (χ3v) is 4.15. The van der Waals surface area contributed by atoms with Gasteiger partial charge in [0.25, 0.3) is 0 Å². The maximum Gasteiger partial charge on any atom is 0.120 e. The number of phenols is 1. The van der Waals surface area contributed by atoms with E-state index in [2.05, 4.69) is 31.0 Å². The average Bonchev–Trinajstić information content (AvgIpc) is 2.90. The van der Waals surface area contributed by atoms with Gasteiger partial charge in [0.05, 0.1) is 0 Å². The molecule has 1 aromatic carbocycles. The fourth-order valence-corrected chi connectivity index (χ4v) is 3.09. The van der Waals surface area contributed by atoms with Crippen molar-refractivity contribution in [1.29, 1.82) is 0 Å². The summed E-state index contributed by atoms with van der Waals surface area (Å²) in [5, 5.41) is 13.7. The van der Waals surface area contributed by atoms with E-state index in [0.717, 1.165) is 25.2 Å². The molecule has 0 aliphatic carbocycles. The van der Waals surface area contributed by atoms with Crippen molar-refractivity contribution >= 4 is 0 Å². The number of phenolic OH excluding ortho intramolecular Hbond substituents is 1. The van der Waals surface area contributed by atoms with Crippen LogP contribution >= 0.6 is 0 Å². The van der Waals surface area contributed by atoms with Gasteiger partial charge in [0.2, 0.25) is 0 Å². The SMILES string of the molecule is CC(C)CN(CC1CCCN1)C(C)c1ccccc1O. The maximum atomic E-state index is 10.1. The second-order valence-electron chi connectivity index (χ2n) is 6.38. The van der Waals surface area contributed by atoms with Gasteiger partial charge >= 0.3 is 0 Å². The molecule has 2 rings (SSSR count). The zero-order valence-corrected chi connectivity index (χ0v) is 13.0. The van der Waals surface area contributed by atoms with Crippen molar-refractivity contribution in [2.75, 3.05) is 19.6 Å². The maximum absolute atomic E-state index is 10.1. The van der Waals surface area contributed by atoms with Crippen molar-refractivity contribution in [2.45, 2.75) is 45.7 Å². The van der Waals surface area contributed by atoms with Gasteiger partial charge in [0.15, 0.2) is 0 Å². The smallest absolute Gasteiger partial charge is 0.120 e. The second-order valence-corrected chi connectivity index (χ2v) is 6.38. The largest absolute Gasteiger partial charge is 0.508 e. The van der Waals surface area contributed by atoms with E-state index in [4.69, 9.17) is 0 Å². The van der Waals surface area contributed by atoms with E-state index in [1.54, 1.807) is 6.07 Å². The highest BCUT2D eigenvalue weighted by atomic mass is 16.3. The Hall–Kier alpha value is -1.06. The van der Waals surface area contributed by atoms with E-state index >= 15 is 0 Å². The lowest BCUT2D eigenvalue weighted by Gasteiger charge is -2.33. The number of nitrogens with one attached hydrogen (secondary N) is 1. The van der Waals surface area contributed by atoms with Gasteiger partial charge in [-0.2, -0.15) is 0 Å². The molecule has 1 aliphatic rings. The van der Waals surface area contributed by atoms with Crippen LogP contribution in [0.15, 0.2) is 24.3 Å². The summed E-state index contributed by atoms with van der Waals surface area (Å²) in [6.45, 7) is 9.98. The number of hydrogen-bond acceptors (Lipinski definition) is 3. The molecule has 1 aromatic rings. The first-order chi connectivity index (χ1) is 9.58. The van der Waals surface area contributed by atoms with E-state index in [1.165, 1.54) is 12.8 Å². The Kier molecular flexibility index (Phi) is 5.44. The van der Waals surface area contributed by atoms with Crippen molar-refractivity contribution in [1.82, 2.24) is 10.2 Å². The molecular weight excluding hydrogens is 248 g/mol. The fourth-order valence-electron chi connectivity index (χ4n) is 3.09. The molecular formula is C17H28N2O. The number of hydrogen-bond donors (Lipinski definition) is 2. The van der Waals surface area contributed by atoms with Crippen LogP contribution in [0.1, 0.15) is 45.2 Å². The highest BCUT2D eigenvalue weighted by molar-refractivity contribution is 5.34. The standard InChI is InChI=1S/C17H28N2O/c1-13(2)11-19(12-15-7-6-10-18-15)14(3)16-8-4-5-9-17(16)20/h4-5,8-9,13-15,18,20H,6-7,10-12H2,1-3H3. The fraction of sp³-hybridized carbons (Fsp3) is 0.647. The van der Waals surface area contributed by atoms with E-state index in [-0.39, 0.29) is 6.04 Å². The van der Waals surface area contributed by atoms with Crippen molar-refractivity contribution in [2.24, 2.45) is 5.92 Å². The third kappa shape index (κ3) is 3.97. The van der Waals surface area contributed by atoms with E-state index in [9.17, 15) is 5.11 Å². The summed E-state index contributed by atoms with van der Waals surface area (Å²) in [4.78, 5) is 2.50. The highest BCUT2D eigenvalue weighted by Crippen LogP contribution is 2.29. The Balaban J connectivity index is 2.10. The number of rotatable bonds is 6. The van der Waals surface area contributed by atoms with Gasteiger partial charge < -0.3 is 10.4 Å². The molecule has 0 aromatic heterocycles. The Labute approximate surface area is 123 Å². The zero-order chi connectivity index (χ0) is 14.5. The molecule has 1 aliphatic heterocycles. The minimum Gasteiger partial charge on any atom is -0.508 e. The topological polar surface area (TPSA) is 35.5 Å². The van der Waals surface area contributed by atoms with Gasteiger partial charge in [-0.25, -0.2) is 0 Å². The van der Waals surface area contributed by atoms with Crippen molar-refractivity contribution in [3.8, 4) is 5.75 Å². The molecule has 112 valence electrons. The van der Waals surface area contributed by atoms with E-state index in [0.29, 0.717) is 17.7 Å². The zero-order valence-electron chi connectivity index (χ0n) is 13.0. The minimum atomic E-state index is 0.251. The molecule has 0 saturated carbocycles. The number of para-hydroxylation sites is 1. The van der Waals surface area contributed by atoms with Crippen LogP contribution < -0.4 is 5.32 Å². The first-order valence-electron chi connectivity index (χ1n) is 7.83. The number of aromatic hydroxyl groups is 1. The lowest BCUT2D eigenvalue weighted by atomic mass is 10.0. The summed E-state index contributed by atoms with van der Waals surface area (Å²) < 4.78 is 0. The van der Waals surface area contributed by atoms with E-state index < -0.39 is 0 Å². The molecule has 2 unspecified atom stereocenters. The van der Waals surface area contributed by atoms with Crippen molar-refractivity contribution < 1.29 is 5.11 Å². The van der Waals surface area contributed by atoms with Crippen LogP contribution in [0.2, 0.25) is 0 Å². The van der Waals surface area contributed by atoms with Crippen LogP contribution in [0.3, 0.4) is 0 Å². The van der Waals surface area contributed by atoms with Crippen LogP contribution in [0.4, 0.5) is 0 Å². The predicted molar refractivity (Wildman–Crippen MR) is 84.0 cm³/mol. The monoisotopic (exact) mass is 276 g/mol. The van der Waals surface area contributed by atoms with Gasteiger partial charge in [0, 0.05) is 30.7 Å². The number of nitrogens with zero attached hydrogens (tertiary/aromatic N) is 1.